The Morgan fingerprint density at radius 2 is 2.11 bits per heavy atom. The van der Waals surface area contributed by atoms with Crippen molar-refractivity contribution in [1.29, 1.82) is 0 Å². The zero-order valence-corrected chi connectivity index (χ0v) is 11.2. The molecule has 1 aromatic carbocycles. The second kappa shape index (κ2) is 6.28. The predicted molar refractivity (Wildman–Crippen MR) is 74.5 cm³/mol. The summed E-state index contributed by atoms with van der Waals surface area (Å²) in [6.45, 7) is 9.39. The van der Waals surface area contributed by atoms with E-state index < -0.39 is 5.82 Å². The lowest BCUT2D eigenvalue weighted by atomic mass is 10.2. The summed E-state index contributed by atoms with van der Waals surface area (Å²) in [7, 11) is 0. The molecule has 1 aromatic rings. The number of benzene rings is 1. The molecule has 0 aromatic heterocycles. The summed E-state index contributed by atoms with van der Waals surface area (Å²) in [6, 6.07) is 3.06. The SMILES string of the molecule is C=CCC(C)Nc1cc(OC(C)C)c(F)cc1N. The maximum Gasteiger partial charge on any atom is 0.167 e. The maximum atomic E-state index is 13.6. The molecule has 0 aliphatic rings. The first-order valence-electron chi connectivity index (χ1n) is 6.07. The fraction of sp³-hybridized carbons (Fsp3) is 0.429. The topological polar surface area (TPSA) is 47.3 Å². The van der Waals surface area contributed by atoms with Crippen molar-refractivity contribution < 1.29 is 9.13 Å². The van der Waals surface area contributed by atoms with E-state index in [0.29, 0.717) is 11.4 Å². The van der Waals surface area contributed by atoms with Crippen molar-refractivity contribution in [2.75, 3.05) is 11.1 Å². The molecule has 3 nitrogen and oxygen atoms in total. The number of nitrogens with two attached hydrogens (primary N) is 1. The number of rotatable bonds is 6. The molecule has 3 N–H and O–H groups in total. The van der Waals surface area contributed by atoms with E-state index in [-0.39, 0.29) is 17.9 Å². The average Bonchev–Trinajstić information content (AvgIpc) is 2.24. The van der Waals surface area contributed by atoms with Crippen molar-refractivity contribution in [3.63, 3.8) is 0 Å². The monoisotopic (exact) mass is 252 g/mol. The molecule has 1 unspecified atom stereocenters. The molecule has 0 radical (unpaired) electrons. The smallest absolute Gasteiger partial charge is 0.167 e. The number of anilines is 2. The highest BCUT2D eigenvalue weighted by molar-refractivity contribution is 5.69. The molecule has 100 valence electrons. The standard InChI is InChI=1S/C14H21FN2O/c1-5-6-10(4)17-13-8-14(18-9(2)3)11(15)7-12(13)16/h5,7-10,17H,1,6,16H2,2-4H3. The molecule has 4 heteroatoms. The first-order valence-corrected chi connectivity index (χ1v) is 6.07. The number of nitrogen functional groups attached to an aromatic ring is 1. The predicted octanol–water partition coefficient (Wildman–Crippen LogP) is 3.57. The summed E-state index contributed by atoms with van der Waals surface area (Å²) in [4.78, 5) is 0. The summed E-state index contributed by atoms with van der Waals surface area (Å²) >= 11 is 0. The quantitative estimate of drug-likeness (QED) is 0.601. The van der Waals surface area contributed by atoms with Gasteiger partial charge in [0, 0.05) is 18.2 Å². The van der Waals surface area contributed by atoms with Crippen molar-refractivity contribution in [3.05, 3.63) is 30.6 Å². The van der Waals surface area contributed by atoms with Gasteiger partial charge in [0.2, 0.25) is 0 Å². The zero-order chi connectivity index (χ0) is 13.7. The van der Waals surface area contributed by atoms with Crippen molar-refractivity contribution in [3.8, 4) is 5.75 Å². The van der Waals surface area contributed by atoms with Crippen LogP contribution in [0.5, 0.6) is 5.75 Å². The van der Waals surface area contributed by atoms with Gasteiger partial charge in [-0.3, -0.25) is 0 Å². The molecule has 18 heavy (non-hydrogen) atoms. The van der Waals surface area contributed by atoms with Gasteiger partial charge in [-0.05, 0) is 27.2 Å². The molecule has 0 amide bonds. The average molecular weight is 252 g/mol. The third-order valence-electron chi connectivity index (χ3n) is 2.39. The lowest BCUT2D eigenvalue weighted by molar-refractivity contribution is 0.231. The van der Waals surface area contributed by atoms with Crippen LogP contribution in [0.1, 0.15) is 27.2 Å². The molecule has 0 bridgehead atoms. The molecule has 0 saturated heterocycles. The minimum absolute atomic E-state index is 0.0819. The van der Waals surface area contributed by atoms with Crippen LogP contribution in [0.2, 0.25) is 0 Å². The van der Waals surface area contributed by atoms with Gasteiger partial charge < -0.3 is 15.8 Å². The Morgan fingerprint density at radius 1 is 1.44 bits per heavy atom. The molecule has 0 aliphatic carbocycles. The molecule has 0 aliphatic heterocycles. The Bertz CT molecular complexity index is 419. The van der Waals surface area contributed by atoms with E-state index in [4.69, 9.17) is 10.5 Å². The van der Waals surface area contributed by atoms with Crippen LogP contribution in [0.4, 0.5) is 15.8 Å². The molecular formula is C14H21FN2O. The van der Waals surface area contributed by atoms with E-state index in [1.807, 2.05) is 26.8 Å². The van der Waals surface area contributed by atoms with Crippen LogP contribution < -0.4 is 15.8 Å². The second-order valence-electron chi connectivity index (χ2n) is 4.61. The zero-order valence-electron chi connectivity index (χ0n) is 11.2. The Labute approximate surface area is 108 Å². The van der Waals surface area contributed by atoms with Crippen molar-refractivity contribution in [2.24, 2.45) is 0 Å². The number of ether oxygens (including phenoxy) is 1. The molecule has 0 spiro atoms. The van der Waals surface area contributed by atoms with Crippen LogP contribution in [0.25, 0.3) is 0 Å². The minimum Gasteiger partial charge on any atom is -0.488 e. The van der Waals surface area contributed by atoms with E-state index in [1.54, 1.807) is 6.07 Å². The summed E-state index contributed by atoms with van der Waals surface area (Å²) in [6.07, 6.45) is 2.54. The van der Waals surface area contributed by atoms with Crippen LogP contribution in [-0.2, 0) is 0 Å². The van der Waals surface area contributed by atoms with Gasteiger partial charge in [-0.15, -0.1) is 6.58 Å². The fourth-order valence-corrected chi connectivity index (χ4v) is 1.61. The van der Waals surface area contributed by atoms with Gasteiger partial charge in [-0.1, -0.05) is 6.08 Å². The summed E-state index contributed by atoms with van der Waals surface area (Å²) < 4.78 is 19.0. The summed E-state index contributed by atoms with van der Waals surface area (Å²) in [5, 5.41) is 3.21. The van der Waals surface area contributed by atoms with Gasteiger partial charge in [-0.25, -0.2) is 4.39 Å². The van der Waals surface area contributed by atoms with Gasteiger partial charge in [0.05, 0.1) is 17.5 Å². The largest absolute Gasteiger partial charge is 0.488 e. The number of hydrogen-bond donors (Lipinski definition) is 2. The number of halogens is 1. The maximum absolute atomic E-state index is 13.6. The van der Waals surface area contributed by atoms with E-state index >= 15 is 0 Å². The Hall–Kier alpha value is -1.71. The van der Waals surface area contributed by atoms with Gasteiger partial charge >= 0.3 is 0 Å². The summed E-state index contributed by atoms with van der Waals surface area (Å²) in [5.74, 6) is -0.226. The van der Waals surface area contributed by atoms with Crippen LogP contribution >= 0.6 is 0 Å². The molecule has 1 atom stereocenters. The van der Waals surface area contributed by atoms with E-state index in [9.17, 15) is 4.39 Å². The van der Waals surface area contributed by atoms with Crippen LogP contribution in [0.15, 0.2) is 24.8 Å². The second-order valence-corrected chi connectivity index (χ2v) is 4.61. The number of hydrogen-bond acceptors (Lipinski definition) is 3. The molecule has 0 fully saturated rings. The summed E-state index contributed by atoms with van der Waals surface area (Å²) in [5.41, 5.74) is 6.84. The number of nitrogens with one attached hydrogen (secondary N) is 1. The highest BCUT2D eigenvalue weighted by Crippen LogP contribution is 2.29. The van der Waals surface area contributed by atoms with E-state index in [0.717, 1.165) is 6.42 Å². The molecule has 1 rings (SSSR count). The van der Waals surface area contributed by atoms with Gasteiger partial charge in [0.15, 0.2) is 11.6 Å². The molecule has 0 heterocycles. The van der Waals surface area contributed by atoms with E-state index in [2.05, 4.69) is 11.9 Å². The van der Waals surface area contributed by atoms with Crippen molar-refractivity contribution >= 4 is 11.4 Å². The Kier molecular flexibility index (Phi) is 5.01. The molecular weight excluding hydrogens is 231 g/mol. The normalized spacial score (nSPS) is 12.3. The van der Waals surface area contributed by atoms with E-state index in [1.165, 1.54) is 6.07 Å². The van der Waals surface area contributed by atoms with Crippen LogP contribution in [-0.4, -0.2) is 12.1 Å². The van der Waals surface area contributed by atoms with Gasteiger partial charge in [-0.2, -0.15) is 0 Å². The van der Waals surface area contributed by atoms with Gasteiger partial charge in [0.1, 0.15) is 0 Å². The van der Waals surface area contributed by atoms with Crippen LogP contribution in [0, 0.1) is 5.82 Å². The third kappa shape index (κ3) is 3.95. The lowest BCUT2D eigenvalue weighted by Gasteiger charge is -2.18. The Balaban J connectivity index is 2.93. The fourth-order valence-electron chi connectivity index (χ4n) is 1.61. The molecule has 0 saturated carbocycles. The van der Waals surface area contributed by atoms with Crippen molar-refractivity contribution in [2.45, 2.75) is 39.3 Å². The highest BCUT2D eigenvalue weighted by Gasteiger charge is 2.11. The van der Waals surface area contributed by atoms with Gasteiger partial charge in [0.25, 0.3) is 0 Å². The Morgan fingerprint density at radius 3 is 2.67 bits per heavy atom. The first kappa shape index (κ1) is 14.4. The minimum atomic E-state index is -0.442. The van der Waals surface area contributed by atoms with Crippen molar-refractivity contribution in [1.82, 2.24) is 0 Å². The third-order valence-corrected chi connectivity index (χ3v) is 2.39. The van der Waals surface area contributed by atoms with Crippen LogP contribution in [0.3, 0.4) is 0 Å². The lowest BCUT2D eigenvalue weighted by Crippen LogP contribution is -2.16. The highest BCUT2D eigenvalue weighted by atomic mass is 19.1. The first-order chi connectivity index (χ1) is 8.43.